The number of halogens is 3. The van der Waals surface area contributed by atoms with Crippen molar-refractivity contribution in [2.24, 2.45) is 0 Å². The minimum Gasteiger partial charge on any atom is -0.363 e. The molecule has 1 aromatic heterocycles. The maximum Gasteiger partial charge on any atom is 0.224 e. The third kappa shape index (κ3) is 3.38. The molecule has 0 fully saturated rings. The first-order valence-electron chi connectivity index (χ1n) is 4.81. The lowest BCUT2D eigenvalue weighted by Gasteiger charge is -2.06. The Kier molecular flexibility index (Phi) is 3.91. The Morgan fingerprint density at radius 1 is 1.29 bits per heavy atom. The Balaban J connectivity index is 2.07. The van der Waals surface area contributed by atoms with Crippen LogP contribution in [0.4, 0.5) is 10.2 Å². The van der Waals surface area contributed by atoms with Crippen molar-refractivity contribution < 1.29 is 4.39 Å². The molecule has 0 radical (unpaired) electrons. The molecular formula is C11H8BrClFN3. The van der Waals surface area contributed by atoms with Gasteiger partial charge in [0.15, 0.2) is 11.6 Å². The van der Waals surface area contributed by atoms with Crippen molar-refractivity contribution in [3.05, 3.63) is 51.6 Å². The molecule has 0 aliphatic rings. The van der Waals surface area contributed by atoms with Crippen molar-refractivity contribution in [3.8, 4) is 0 Å². The predicted molar refractivity (Wildman–Crippen MR) is 68.5 cm³/mol. The van der Waals surface area contributed by atoms with Gasteiger partial charge in [-0.25, -0.2) is 9.37 Å². The quantitative estimate of drug-likeness (QED) is 0.879. The molecule has 3 nitrogen and oxygen atoms in total. The lowest BCUT2D eigenvalue weighted by Crippen LogP contribution is -2.04. The molecule has 1 aromatic carbocycles. The van der Waals surface area contributed by atoms with E-state index in [0.29, 0.717) is 6.54 Å². The van der Waals surface area contributed by atoms with E-state index in [1.165, 1.54) is 0 Å². The van der Waals surface area contributed by atoms with Gasteiger partial charge < -0.3 is 5.32 Å². The molecule has 0 atom stereocenters. The van der Waals surface area contributed by atoms with Crippen molar-refractivity contribution in [3.63, 3.8) is 0 Å². The zero-order chi connectivity index (χ0) is 12.3. The number of anilines is 1. The van der Waals surface area contributed by atoms with Crippen LogP contribution >= 0.6 is 27.5 Å². The number of nitrogens with zero attached hydrogens (tertiary/aromatic N) is 2. The van der Waals surface area contributed by atoms with Gasteiger partial charge in [-0.15, -0.1) is 0 Å². The van der Waals surface area contributed by atoms with Gasteiger partial charge in [0, 0.05) is 11.0 Å². The molecule has 0 aliphatic heterocycles. The molecule has 0 spiro atoms. The lowest BCUT2D eigenvalue weighted by atomic mass is 10.2. The largest absolute Gasteiger partial charge is 0.363 e. The highest BCUT2D eigenvalue weighted by molar-refractivity contribution is 9.10. The first-order chi connectivity index (χ1) is 8.15. The maximum absolute atomic E-state index is 13.3. The fraction of sp³-hybridized carbons (Fsp3) is 0.0909. The first kappa shape index (κ1) is 12.3. The van der Waals surface area contributed by atoms with Crippen LogP contribution in [0.1, 0.15) is 5.56 Å². The molecule has 2 rings (SSSR count). The topological polar surface area (TPSA) is 37.8 Å². The van der Waals surface area contributed by atoms with Gasteiger partial charge in [0.2, 0.25) is 5.28 Å². The van der Waals surface area contributed by atoms with Gasteiger partial charge in [0.1, 0.15) is 0 Å². The van der Waals surface area contributed by atoms with Crippen LogP contribution in [-0.2, 0) is 6.54 Å². The molecule has 0 saturated carbocycles. The normalized spacial score (nSPS) is 10.3. The Morgan fingerprint density at radius 2 is 2.00 bits per heavy atom. The first-order valence-corrected chi connectivity index (χ1v) is 5.98. The Bertz CT molecular complexity index is 519. The number of hydrogen-bond acceptors (Lipinski definition) is 3. The van der Waals surface area contributed by atoms with Gasteiger partial charge in [-0.05, 0) is 29.3 Å². The summed E-state index contributed by atoms with van der Waals surface area (Å²) in [5, 5.41) is 2.88. The number of hydrogen-bond donors (Lipinski definition) is 1. The average Bonchev–Trinajstić information content (AvgIpc) is 2.32. The van der Waals surface area contributed by atoms with Crippen LogP contribution in [0.15, 0.2) is 34.9 Å². The van der Waals surface area contributed by atoms with Crippen LogP contribution in [0.3, 0.4) is 0 Å². The average molecular weight is 317 g/mol. The summed E-state index contributed by atoms with van der Waals surface area (Å²) in [6.07, 6.45) is 1.04. The highest BCUT2D eigenvalue weighted by Gasteiger charge is 2.05. The van der Waals surface area contributed by atoms with Crippen molar-refractivity contribution in [1.82, 2.24) is 9.97 Å². The summed E-state index contributed by atoms with van der Waals surface area (Å²) in [6, 6.07) is 7.69. The molecule has 1 heterocycles. The molecular weight excluding hydrogens is 308 g/mol. The predicted octanol–water partition coefficient (Wildman–Crippen LogP) is 3.64. The third-order valence-electron chi connectivity index (χ3n) is 2.09. The molecule has 0 amide bonds. The SMILES string of the molecule is Fc1cnc(Cl)nc1NCc1ccc(Br)cc1. The van der Waals surface area contributed by atoms with Crippen molar-refractivity contribution >= 4 is 33.3 Å². The second kappa shape index (κ2) is 5.42. The number of benzene rings is 1. The highest BCUT2D eigenvalue weighted by Crippen LogP contribution is 2.15. The number of rotatable bonds is 3. The zero-order valence-electron chi connectivity index (χ0n) is 8.62. The number of nitrogens with one attached hydrogen (secondary N) is 1. The molecule has 2 aromatic rings. The van der Waals surface area contributed by atoms with Crippen LogP contribution in [0, 0.1) is 5.82 Å². The van der Waals surface area contributed by atoms with Crippen molar-refractivity contribution in [2.45, 2.75) is 6.54 Å². The van der Waals surface area contributed by atoms with Crippen molar-refractivity contribution in [2.75, 3.05) is 5.32 Å². The molecule has 0 bridgehead atoms. The van der Waals surface area contributed by atoms with E-state index in [9.17, 15) is 4.39 Å². The van der Waals surface area contributed by atoms with Gasteiger partial charge >= 0.3 is 0 Å². The third-order valence-corrected chi connectivity index (χ3v) is 2.80. The summed E-state index contributed by atoms with van der Waals surface area (Å²) in [5.41, 5.74) is 1.02. The Hall–Kier alpha value is -1.20. The van der Waals surface area contributed by atoms with E-state index in [0.717, 1.165) is 16.2 Å². The van der Waals surface area contributed by atoms with Crippen LogP contribution in [0.2, 0.25) is 5.28 Å². The van der Waals surface area contributed by atoms with Crippen molar-refractivity contribution in [1.29, 1.82) is 0 Å². The molecule has 0 saturated heterocycles. The molecule has 1 N–H and O–H groups in total. The molecule has 0 unspecified atom stereocenters. The summed E-state index contributed by atoms with van der Waals surface area (Å²) in [6.45, 7) is 0.470. The standard InChI is InChI=1S/C11H8BrClFN3/c12-8-3-1-7(2-4-8)5-15-10-9(14)6-16-11(13)17-10/h1-4,6H,5H2,(H,15,16,17). The van der Waals surface area contributed by atoms with E-state index in [4.69, 9.17) is 11.6 Å². The Labute approximate surface area is 111 Å². The summed E-state index contributed by atoms with van der Waals surface area (Å²) in [4.78, 5) is 7.30. The molecule has 0 aliphatic carbocycles. The fourth-order valence-electron chi connectivity index (χ4n) is 1.26. The lowest BCUT2D eigenvalue weighted by molar-refractivity contribution is 0.616. The van der Waals surface area contributed by atoms with Crippen LogP contribution in [0.25, 0.3) is 0 Å². The maximum atomic E-state index is 13.3. The molecule has 17 heavy (non-hydrogen) atoms. The number of aromatic nitrogens is 2. The second-order valence-corrected chi connectivity index (χ2v) is 4.57. The van der Waals surface area contributed by atoms with Gasteiger partial charge in [0.05, 0.1) is 6.20 Å². The van der Waals surface area contributed by atoms with E-state index in [2.05, 4.69) is 31.2 Å². The summed E-state index contributed by atoms with van der Waals surface area (Å²) < 4.78 is 14.3. The van der Waals surface area contributed by atoms with E-state index >= 15 is 0 Å². The minimum atomic E-state index is -0.522. The van der Waals surface area contributed by atoms with E-state index < -0.39 is 5.82 Å². The van der Waals surface area contributed by atoms with Gasteiger partial charge in [-0.2, -0.15) is 4.98 Å². The summed E-state index contributed by atoms with van der Waals surface area (Å²) in [5.74, 6) is -0.417. The zero-order valence-corrected chi connectivity index (χ0v) is 11.0. The van der Waals surface area contributed by atoms with E-state index in [-0.39, 0.29) is 11.1 Å². The summed E-state index contributed by atoms with van der Waals surface area (Å²) >= 11 is 8.93. The Morgan fingerprint density at radius 3 is 2.71 bits per heavy atom. The molecule has 88 valence electrons. The van der Waals surface area contributed by atoms with Crippen LogP contribution in [-0.4, -0.2) is 9.97 Å². The van der Waals surface area contributed by atoms with Gasteiger partial charge in [-0.1, -0.05) is 28.1 Å². The summed E-state index contributed by atoms with van der Waals surface area (Å²) in [7, 11) is 0. The minimum absolute atomic E-state index is 0.0182. The van der Waals surface area contributed by atoms with Gasteiger partial charge in [-0.3, -0.25) is 0 Å². The molecule has 6 heteroatoms. The second-order valence-electron chi connectivity index (χ2n) is 3.32. The monoisotopic (exact) mass is 315 g/mol. The van der Waals surface area contributed by atoms with E-state index in [1.807, 2.05) is 24.3 Å². The fourth-order valence-corrected chi connectivity index (χ4v) is 1.66. The van der Waals surface area contributed by atoms with Crippen LogP contribution in [0.5, 0.6) is 0 Å². The highest BCUT2D eigenvalue weighted by atomic mass is 79.9. The van der Waals surface area contributed by atoms with Crippen LogP contribution < -0.4 is 5.32 Å². The van der Waals surface area contributed by atoms with E-state index in [1.54, 1.807) is 0 Å². The van der Waals surface area contributed by atoms with Gasteiger partial charge in [0.25, 0.3) is 0 Å². The smallest absolute Gasteiger partial charge is 0.224 e.